The predicted octanol–water partition coefficient (Wildman–Crippen LogP) is 3.04. The number of hydrogen-bond acceptors (Lipinski definition) is 3. The third-order valence-electron chi connectivity index (χ3n) is 3.96. The lowest BCUT2D eigenvalue weighted by Gasteiger charge is -2.40. The molecule has 1 aliphatic rings. The van der Waals surface area contributed by atoms with Crippen molar-refractivity contribution in [1.82, 2.24) is 4.90 Å². The molecule has 1 aliphatic carbocycles. The van der Waals surface area contributed by atoms with Crippen LogP contribution in [0.1, 0.15) is 53.2 Å². The fourth-order valence-corrected chi connectivity index (χ4v) is 2.91. The van der Waals surface area contributed by atoms with Crippen molar-refractivity contribution < 1.29 is 19.4 Å². The number of nitrogens with zero attached hydrogens (tertiary/aromatic N) is 1. The molecule has 0 aliphatic heterocycles. The van der Waals surface area contributed by atoms with Crippen LogP contribution in [-0.2, 0) is 0 Å². The van der Waals surface area contributed by atoms with E-state index in [1.165, 1.54) is 31.3 Å². The number of aliphatic hydroxyl groups is 1. The first-order valence-electron chi connectivity index (χ1n) is 10.5. The highest BCUT2D eigenvalue weighted by Crippen LogP contribution is 2.40. The molecule has 0 heterocycles. The van der Waals surface area contributed by atoms with Crippen LogP contribution in [0.2, 0.25) is 0 Å². The fraction of sp³-hybridized carbons (Fsp3) is 0.647. The minimum absolute atomic E-state index is 0.126. The molecule has 0 bridgehead atoms. The number of methoxy groups -OCH3 is 1. The van der Waals surface area contributed by atoms with E-state index in [9.17, 15) is 5.11 Å². The van der Waals surface area contributed by atoms with Crippen LogP contribution in [-0.4, -0.2) is 43.2 Å². The van der Waals surface area contributed by atoms with Gasteiger partial charge in [0.25, 0.3) is 0 Å². The van der Waals surface area contributed by atoms with Gasteiger partial charge >= 0.3 is 0 Å². The zero-order valence-electron chi connectivity index (χ0n) is 18.9. The van der Waals surface area contributed by atoms with Crippen molar-refractivity contribution in [2.24, 2.45) is 0 Å². The Kier molecular flexibility index (Phi) is 2.77. The van der Waals surface area contributed by atoms with Crippen molar-refractivity contribution in [2.75, 3.05) is 27.6 Å². The molecule has 20 heavy (non-hydrogen) atoms. The van der Waals surface area contributed by atoms with Crippen LogP contribution in [0.4, 0.5) is 0 Å². The Labute approximate surface area is 132 Å². The van der Waals surface area contributed by atoms with Gasteiger partial charge < -0.3 is 14.7 Å². The zero-order valence-corrected chi connectivity index (χ0v) is 11.9. The predicted molar refractivity (Wildman–Crippen MR) is 82.3 cm³/mol. The van der Waals surface area contributed by atoms with Gasteiger partial charge in [0.1, 0.15) is 5.75 Å². The van der Waals surface area contributed by atoms with E-state index in [1.807, 2.05) is 0 Å². The molecule has 0 amide bonds. The molecular formula is C17H27NO2. The highest BCUT2D eigenvalue weighted by Gasteiger charge is 2.38. The minimum atomic E-state index is -2.58. The van der Waals surface area contributed by atoms with Crippen molar-refractivity contribution in [1.29, 1.82) is 0 Å². The average molecular weight is 284 g/mol. The van der Waals surface area contributed by atoms with E-state index in [2.05, 4.69) is 0 Å². The second-order valence-electron chi connectivity index (χ2n) is 5.55. The van der Waals surface area contributed by atoms with Gasteiger partial charge in [0.15, 0.2) is 0 Å². The lowest BCUT2D eigenvalue weighted by Crippen LogP contribution is -2.42. The molecule has 3 heteroatoms. The largest absolute Gasteiger partial charge is 0.497 e. The third kappa shape index (κ3) is 3.53. The van der Waals surface area contributed by atoms with Gasteiger partial charge in [-0.1, -0.05) is 31.4 Å². The fourth-order valence-electron chi connectivity index (χ4n) is 2.91. The normalized spacial score (nSPS) is 27.9. The summed E-state index contributed by atoms with van der Waals surface area (Å²) in [6, 6.07) is 5.95. The molecule has 1 N–H and O–H groups in total. The van der Waals surface area contributed by atoms with E-state index >= 15 is 0 Å². The molecule has 1 fully saturated rings. The Morgan fingerprint density at radius 1 is 1.35 bits per heavy atom. The summed E-state index contributed by atoms with van der Waals surface area (Å²) in [4.78, 5) is 1.10. The lowest BCUT2D eigenvalue weighted by molar-refractivity contribution is -0.0277. The first kappa shape index (κ1) is 8.40. The van der Waals surface area contributed by atoms with Gasteiger partial charge in [-0.15, -0.1) is 0 Å². The van der Waals surface area contributed by atoms with E-state index in [-0.39, 0.29) is 12.3 Å². The van der Waals surface area contributed by atoms with Gasteiger partial charge in [-0.05, 0) is 44.6 Å². The van der Waals surface area contributed by atoms with Crippen molar-refractivity contribution in [3.05, 3.63) is 29.8 Å². The van der Waals surface area contributed by atoms with Crippen molar-refractivity contribution >= 4 is 0 Å². The lowest BCUT2D eigenvalue weighted by atomic mass is 9.72. The molecule has 3 nitrogen and oxygen atoms in total. The Balaban J connectivity index is 2.40. The summed E-state index contributed by atoms with van der Waals surface area (Å²) in [5.41, 5.74) is -0.933. The molecule has 0 spiro atoms. The van der Waals surface area contributed by atoms with Crippen molar-refractivity contribution in [3.8, 4) is 5.75 Å². The Hall–Kier alpha value is -1.06. The van der Waals surface area contributed by atoms with Gasteiger partial charge in [0.05, 0.1) is 16.8 Å². The second kappa shape index (κ2) is 6.59. The van der Waals surface area contributed by atoms with E-state index in [4.69, 9.17) is 14.3 Å². The number of rotatable bonds is 5. The summed E-state index contributed by atoms with van der Waals surface area (Å²) in [7, 11) is -1.17. The van der Waals surface area contributed by atoms with Crippen LogP contribution < -0.4 is 4.74 Å². The maximum Gasteiger partial charge on any atom is 0.118 e. The maximum absolute atomic E-state index is 11.3. The van der Waals surface area contributed by atoms with E-state index in [0.29, 0.717) is 18.4 Å². The van der Waals surface area contributed by atoms with Crippen LogP contribution in [0, 0.1) is 0 Å². The molecule has 0 saturated heterocycles. The van der Waals surface area contributed by atoms with Gasteiger partial charge in [0, 0.05) is 17.9 Å². The molecule has 0 aromatic heterocycles. The van der Waals surface area contributed by atoms with Crippen LogP contribution in [0.25, 0.3) is 0 Å². The van der Waals surface area contributed by atoms with E-state index < -0.39 is 25.5 Å². The molecule has 0 unspecified atom stereocenters. The summed E-state index contributed by atoms with van der Waals surface area (Å²) in [6.07, 6.45) is 3.35. The number of benzene rings is 1. The van der Waals surface area contributed by atoms with Gasteiger partial charge in [0.2, 0.25) is 0 Å². The molecule has 112 valence electrons. The molecule has 2 rings (SSSR count). The molecule has 1 aromatic carbocycles. The summed E-state index contributed by atoms with van der Waals surface area (Å²) in [6.45, 7) is -2.57. The molecule has 1 saturated carbocycles. The first-order chi connectivity index (χ1) is 12.3. The van der Waals surface area contributed by atoms with E-state index in [0.717, 1.165) is 24.2 Å². The van der Waals surface area contributed by atoms with Crippen LogP contribution in [0.5, 0.6) is 5.75 Å². The summed E-state index contributed by atoms with van der Waals surface area (Å²) in [5, 5.41) is 11.3. The van der Waals surface area contributed by atoms with Gasteiger partial charge in [-0.3, -0.25) is 0 Å². The third-order valence-corrected chi connectivity index (χ3v) is 3.96. The number of hydrogen-bond donors (Lipinski definition) is 1. The van der Waals surface area contributed by atoms with Gasteiger partial charge in [-0.25, -0.2) is 0 Å². The Morgan fingerprint density at radius 3 is 2.65 bits per heavy atom. The Bertz CT molecular complexity index is 624. The van der Waals surface area contributed by atoms with Crippen molar-refractivity contribution in [2.45, 2.75) is 43.6 Å². The zero-order chi connectivity index (χ0) is 20.5. The standard InChI is InChI=1S/C17H27NO2/c1-18(2)13-16(17(19)11-5-4-6-12-17)14-7-9-15(20-3)10-8-14/h7-10,16,19H,4-6,11-13H2,1-3H3/t16-/m1/s1/i1D3,3D3,16D. The van der Waals surface area contributed by atoms with Crippen LogP contribution in [0.3, 0.4) is 0 Å². The van der Waals surface area contributed by atoms with E-state index in [1.54, 1.807) is 0 Å². The maximum atomic E-state index is 11.3. The smallest absolute Gasteiger partial charge is 0.118 e. The van der Waals surface area contributed by atoms with Gasteiger partial charge in [-0.2, -0.15) is 0 Å². The molecule has 1 aromatic rings. The quantitative estimate of drug-likeness (QED) is 0.902. The monoisotopic (exact) mass is 284 g/mol. The highest BCUT2D eigenvalue weighted by atomic mass is 16.5. The first-order valence-corrected chi connectivity index (χ1v) is 7.00. The summed E-state index contributed by atoms with van der Waals surface area (Å²) >= 11 is 0. The Morgan fingerprint density at radius 2 is 2.05 bits per heavy atom. The average Bonchev–Trinajstić information content (AvgIpc) is 2.53. The summed E-state index contributed by atoms with van der Waals surface area (Å²) in [5.74, 6) is -1.45. The molecular weight excluding hydrogens is 250 g/mol. The van der Waals surface area contributed by atoms with Crippen LogP contribution >= 0.6 is 0 Å². The minimum Gasteiger partial charge on any atom is -0.497 e. The topological polar surface area (TPSA) is 32.7 Å². The second-order valence-corrected chi connectivity index (χ2v) is 5.55. The summed E-state index contributed by atoms with van der Waals surface area (Å²) < 4.78 is 58.3. The molecule has 1 atom stereocenters. The highest BCUT2D eigenvalue weighted by molar-refractivity contribution is 5.31. The molecule has 0 radical (unpaired) electrons. The SMILES string of the molecule is [2H]C([2H])([2H])Oc1ccc([C@@]([2H])(CN(C)C([2H])([2H])[2H])C2(O)CCCCC2)cc1. The van der Waals surface area contributed by atoms with Crippen molar-refractivity contribution in [3.63, 3.8) is 0 Å². The number of likely N-dealkylation sites (N-methyl/N-ethyl adjacent to an activating group) is 1. The number of ether oxygens (including phenoxy) is 1. The van der Waals surface area contributed by atoms with Crippen LogP contribution in [0.15, 0.2) is 24.3 Å².